The van der Waals surface area contributed by atoms with E-state index in [4.69, 9.17) is 5.73 Å². The number of aromatic nitrogens is 1. The second kappa shape index (κ2) is 6.61. The summed E-state index contributed by atoms with van der Waals surface area (Å²) in [7, 11) is 3.51. The van der Waals surface area contributed by atoms with E-state index in [1.807, 2.05) is 25.1 Å². The molecule has 0 aliphatic rings. The predicted molar refractivity (Wildman–Crippen MR) is 71.8 cm³/mol. The molecule has 0 aromatic carbocycles. The van der Waals surface area contributed by atoms with Crippen molar-refractivity contribution in [2.75, 3.05) is 19.8 Å². The molecule has 1 amide bonds. The van der Waals surface area contributed by atoms with Gasteiger partial charge in [-0.15, -0.1) is 11.8 Å². The summed E-state index contributed by atoms with van der Waals surface area (Å²) in [5, 5.41) is 0.0556. The summed E-state index contributed by atoms with van der Waals surface area (Å²) in [5.74, 6) is 0.520. The summed E-state index contributed by atoms with van der Waals surface area (Å²) in [6.07, 6.45) is 1.75. The summed E-state index contributed by atoms with van der Waals surface area (Å²) >= 11 is 1.54. The molecule has 5 heteroatoms. The second-order valence-electron chi connectivity index (χ2n) is 4.13. The first kappa shape index (κ1) is 14.0. The maximum absolute atomic E-state index is 11.5. The van der Waals surface area contributed by atoms with Crippen LogP contribution in [0.25, 0.3) is 0 Å². The highest BCUT2D eigenvalue weighted by Gasteiger charge is 2.19. The highest BCUT2D eigenvalue weighted by Crippen LogP contribution is 2.29. The molecule has 1 aromatic heterocycles. The molecule has 0 fully saturated rings. The zero-order valence-electron chi connectivity index (χ0n) is 10.5. The Bertz CT molecular complexity index is 354. The molecule has 4 nitrogen and oxygen atoms in total. The fraction of sp³-hybridized carbons (Fsp3) is 0.500. The van der Waals surface area contributed by atoms with Crippen LogP contribution in [0.4, 0.5) is 0 Å². The number of carbonyl (C=O) groups is 1. The largest absolute Gasteiger partial charge is 0.348 e. The van der Waals surface area contributed by atoms with E-state index in [0.717, 1.165) is 5.69 Å². The third-order valence-corrected chi connectivity index (χ3v) is 3.79. The number of hydrogen-bond acceptors (Lipinski definition) is 4. The Kier molecular flexibility index (Phi) is 5.44. The molecule has 0 spiro atoms. The number of nitrogens with two attached hydrogens (primary N) is 1. The van der Waals surface area contributed by atoms with Crippen LogP contribution in [0.1, 0.15) is 17.9 Å². The van der Waals surface area contributed by atoms with Crippen LogP contribution in [-0.4, -0.2) is 41.7 Å². The Balaban J connectivity index is 2.66. The van der Waals surface area contributed by atoms with E-state index in [-0.39, 0.29) is 17.2 Å². The third-order valence-electron chi connectivity index (χ3n) is 2.34. The molecule has 1 rings (SSSR count). The van der Waals surface area contributed by atoms with Gasteiger partial charge in [-0.2, -0.15) is 0 Å². The highest BCUT2D eigenvalue weighted by molar-refractivity contribution is 8.00. The molecule has 0 aliphatic carbocycles. The van der Waals surface area contributed by atoms with Crippen LogP contribution in [-0.2, 0) is 4.79 Å². The van der Waals surface area contributed by atoms with Crippen molar-refractivity contribution in [1.82, 2.24) is 9.88 Å². The van der Waals surface area contributed by atoms with Crippen molar-refractivity contribution in [1.29, 1.82) is 0 Å². The third kappa shape index (κ3) is 4.36. The minimum atomic E-state index is -0.0372. The Morgan fingerprint density at radius 1 is 1.53 bits per heavy atom. The number of rotatable bonds is 5. The van der Waals surface area contributed by atoms with Gasteiger partial charge in [-0.3, -0.25) is 9.78 Å². The molecule has 2 unspecified atom stereocenters. The first-order valence-corrected chi connectivity index (χ1v) is 6.55. The van der Waals surface area contributed by atoms with Crippen LogP contribution in [0.15, 0.2) is 24.4 Å². The fourth-order valence-electron chi connectivity index (χ4n) is 1.34. The molecule has 0 bridgehead atoms. The van der Waals surface area contributed by atoms with E-state index in [9.17, 15) is 4.79 Å². The van der Waals surface area contributed by atoms with Gasteiger partial charge in [-0.25, -0.2) is 0 Å². The van der Waals surface area contributed by atoms with Crippen LogP contribution in [0.3, 0.4) is 0 Å². The van der Waals surface area contributed by atoms with Crippen molar-refractivity contribution in [2.45, 2.75) is 18.2 Å². The summed E-state index contributed by atoms with van der Waals surface area (Å²) in [6, 6.07) is 5.72. The summed E-state index contributed by atoms with van der Waals surface area (Å²) in [5.41, 5.74) is 6.87. The Hall–Kier alpha value is -1.07. The normalized spacial score (nSPS) is 14.1. The molecule has 0 aliphatic heterocycles. The van der Waals surface area contributed by atoms with Gasteiger partial charge in [0, 0.05) is 26.3 Å². The number of amides is 1. The number of nitrogens with zero attached hydrogens (tertiary/aromatic N) is 2. The van der Waals surface area contributed by atoms with E-state index < -0.39 is 0 Å². The monoisotopic (exact) mass is 253 g/mol. The smallest absolute Gasteiger partial charge is 0.232 e. The van der Waals surface area contributed by atoms with Gasteiger partial charge in [-0.05, 0) is 19.1 Å². The molecule has 94 valence electrons. The lowest BCUT2D eigenvalue weighted by atomic mass is 10.2. The Labute approximate surface area is 107 Å². The first-order chi connectivity index (χ1) is 8.02. The minimum Gasteiger partial charge on any atom is -0.348 e. The molecule has 0 saturated carbocycles. The molecule has 2 N–H and O–H groups in total. The Morgan fingerprint density at radius 2 is 2.24 bits per heavy atom. The molecule has 1 heterocycles. The van der Waals surface area contributed by atoms with Crippen LogP contribution in [0, 0.1) is 0 Å². The van der Waals surface area contributed by atoms with E-state index >= 15 is 0 Å². The molecule has 2 atom stereocenters. The van der Waals surface area contributed by atoms with Crippen molar-refractivity contribution in [3.63, 3.8) is 0 Å². The van der Waals surface area contributed by atoms with Gasteiger partial charge in [0.25, 0.3) is 0 Å². The lowest BCUT2D eigenvalue weighted by molar-refractivity contribution is -0.125. The SMILES string of the molecule is CC(N)C(SCC(=O)N(C)C)c1ccccn1. The standard InChI is InChI=1S/C12H19N3OS/c1-9(13)12(10-6-4-5-7-14-10)17-8-11(16)15(2)3/h4-7,9,12H,8,13H2,1-3H3. The number of thioether (sulfide) groups is 1. The van der Waals surface area contributed by atoms with E-state index in [1.165, 1.54) is 0 Å². The summed E-state index contributed by atoms with van der Waals surface area (Å²) < 4.78 is 0. The number of hydrogen-bond donors (Lipinski definition) is 1. The van der Waals surface area contributed by atoms with Gasteiger partial charge < -0.3 is 10.6 Å². The topological polar surface area (TPSA) is 59.2 Å². The molecular weight excluding hydrogens is 234 g/mol. The quantitative estimate of drug-likeness (QED) is 0.859. The van der Waals surface area contributed by atoms with Crippen molar-refractivity contribution >= 4 is 17.7 Å². The van der Waals surface area contributed by atoms with E-state index in [2.05, 4.69) is 4.98 Å². The van der Waals surface area contributed by atoms with Gasteiger partial charge in [0.15, 0.2) is 0 Å². The maximum Gasteiger partial charge on any atom is 0.232 e. The summed E-state index contributed by atoms with van der Waals surface area (Å²) in [6.45, 7) is 1.94. The average Bonchev–Trinajstić information content (AvgIpc) is 2.29. The zero-order chi connectivity index (χ0) is 12.8. The summed E-state index contributed by atoms with van der Waals surface area (Å²) in [4.78, 5) is 17.4. The maximum atomic E-state index is 11.5. The predicted octanol–water partition coefficient (Wildman–Crippen LogP) is 1.29. The van der Waals surface area contributed by atoms with E-state index in [1.54, 1.807) is 37.0 Å². The first-order valence-electron chi connectivity index (χ1n) is 5.50. The molecule has 1 aromatic rings. The Morgan fingerprint density at radius 3 is 2.71 bits per heavy atom. The van der Waals surface area contributed by atoms with Crippen molar-refractivity contribution in [3.05, 3.63) is 30.1 Å². The lowest BCUT2D eigenvalue weighted by Gasteiger charge is -2.20. The van der Waals surface area contributed by atoms with Gasteiger partial charge in [-0.1, -0.05) is 6.07 Å². The van der Waals surface area contributed by atoms with Crippen LogP contribution >= 0.6 is 11.8 Å². The molecule has 0 saturated heterocycles. The molecule has 17 heavy (non-hydrogen) atoms. The second-order valence-corrected chi connectivity index (χ2v) is 5.26. The van der Waals surface area contributed by atoms with Gasteiger partial charge in [0.1, 0.15) is 0 Å². The highest BCUT2D eigenvalue weighted by atomic mass is 32.2. The van der Waals surface area contributed by atoms with Gasteiger partial charge in [0.2, 0.25) is 5.91 Å². The van der Waals surface area contributed by atoms with Crippen molar-refractivity contribution in [3.8, 4) is 0 Å². The fourth-order valence-corrected chi connectivity index (χ4v) is 2.54. The van der Waals surface area contributed by atoms with Crippen LogP contribution < -0.4 is 5.73 Å². The van der Waals surface area contributed by atoms with Gasteiger partial charge >= 0.3 is 0 Å². The van der Waals surface area contributed by atoms with Crippen molar-refractivity contribution in [2.24, 2.45) is 5.73 Å². The van der Waals surface area contributed by atoms with Crippen molar-refractivity contribution < 1.29 is 4.79 Å². The average molecular weight is 253 g/mol. The van der Waals surface area contributed by atoms with Crippen LogP contribution in [0.5, 0.6) is 0 Å². The minimum absolute atomic E-state index is 0.0372. The van der Waals surface area contributed by atoms with Gasteiger partial charge in [0.05, 0.1) is 16.7 Å². The van der Waals surface area contributed by atoms with E-state index in [0.29, 0.717) is 5.75 Å². The molecule has 0 radical (unpaired) electrons. The number of pyridine rings is 1. The van der Waals surface area contributed by atoms with Crippen LogP contribution in [0.2, 0.25) is 0 Å². The zero-order valence-corrected chi connectivity index (χ0v) is 11.3. The molecular formula is C12H19N3OS. The lowest BCUT2D eigenvalue weighted by Crippen LogP contribution is -2.27. The number of carbonyl (C=O) groups excluding carboxylic acids is 1.